The number of aliphatic carboxylic acids is 1. The summed E-state index contributed by atoms with van der Waals surface area (Å²) in [6.45, 7) is 4.55. The number of carbonyl (C=O) groups is 3. The molecule has 2 aromatic carbocycles. The Morgan fingerprint density at radius 1 is 1.06 bits per heavy atom. The molecule has 1 atom stereocenters. The number of rotatable bonds is 7. The zero-order valence-electron chi connectivity index (χ0n) is 19.5. The summed E-state index contributed by atoms with van der Waals surface area (Å²) >= 11 is 0. The SMILES string of the molecule is CC(C)[C@H](CC(=O)N1CC2CC1(C(=O)O)C2)NC(=O)OCC1c2ccccc2-c2ccccc21. The van der Waals surface area contributed by atoms with Gasteiger partial charge in [-0.1, -0.05) is 62.4 Å². The van der Waals surface area contributed by atoms with Crippen molar-refractivity contribution in [3.8, 4) is 11.1 Å². The topological polar surface area (TPSA) is 95.9 Å². The molecule has 7 heteroatoms. The second-order valence-corrected chi connectivity index (χ2v) is 10.1. The minimum absolute atomic E-state index is 0.0113. The fourth-order valence-electron chi connectivity index (χ4n) is 5.85. The van der Waals surface area contributed by atoms with Gasteiger partial charge in [-0.3, -0.25) is 4.79 Å². The van der Waals surface area contributed by atoms with Crippen LogP contribution in [0, 0.1) is 11.8 Å². The third-order valence-corrected chi connectivity index (χ3v) is 7.76. The van der Waals surface area contributed by atoms with E-state index in [9.17, 15) is 19.5 Å². The van der Waals surface area contributed by atoms with E-state index in [2.05, 4.69) is 29.6 Å². The van der Waals surface area contributed by atoms with E-state index < -0.39 is 23.6 Å². The summed E-state index contributed by atoms with van der Waals surface area (Å²) in [5, 5.41) is 12.5. The van der Waals surface area contributed by atoms with Crippen LogP contribution in [0.5, 0.6) is 0 Å². The summed E-state index contributed by atoms with van der Waals surface area (Å²) in [6, 6.07) is 15.9. The molecule has 2 amide bonds. The predicted molar refractivity (Wildman–Crippen MR) is 126 cm³/mol. The van der Waals surface area contributed by atoms with Gasteiger partial charge in [0.2, 0.25) is 5.91 Å². The first-order chi connectivity index (χ1) is 16.3. The van der Waals surface area contributed by atoms with Crippen molar-refractivity contribution in [1.82, 2.24) is 10.2 Å². The van der Waals surface area contributed by atoms with Crippen LogP contribution in [-0.2, 0) is 14.3 Å². The van der Waals surface area contributed by atoms with E-state index in [0.717, 1.165) is 22.3 Å². The maximum absolute atomic E-state index is 13.0. The van der Waals surface area contributed by atoms with Gasteiger partial charge in [0.25, 0.3) is 0 Å². The third-order valence-electron chi connectivity index (χ3n) is 7.76. The lowest BCUT2D eigenvalue weighted by molar-refractivity contribution is -0.158. The number of alkyl carbamates (subject to hydrolysis) is 1. The molecule has 7 nitrogen and oxygen atoms in total. The Hall–Kier alpha value is -3.35. The van der Waals surface area contributed by atoms with Gasteiger partial charge in [0, 0.05) is 24.9 Å². The van der Waals surface area contributed by atoms with Crippen LogP contribution in [0.4, 0.5) is 4.79 Å². The second-order valence-electron chi connectivity index (χ2n) is 10.1. The molecule has 2 N–H and O–H groups in total. The largest absolute Gasteiger partial charge is 0.479 e. The van der Waals surface area contributed by atoms with Crippen LogP contribution >= 0.6 is 0 Å². The summed E-state index contributed by atoms with van der Waals surface area (Å²) < 4.78 is 5.65. The smallest absolute Gasteiger partial charge is 0.407 e. The number of nitrogens with one attached hydrogen (secondary N) is 1. The average Bonchev–Trinajstić information content (AvgIpc) is 3.46. The molecule has 0 spiro atoms. The van der Waals surface area contributed by atoms with Crippen molar-refractivity contribution in [2.75, 3.05) is 13.2 Å². The maximum atomic E-state index is 13.0. The van der Waals surface area contributed by atoms with Crippen molar-refractivity contribution >= 4 is 18.0 Å². The first-order valence-electron chi connectivity index (χ1n) is 12.0. The fourth-order valence-corrected chi connectivity index (χ4v) is 5.85. The monoisotopic (exact) mass is 462 g/mol. The second kappa shape index (κ2) is 8.46. The number of ether oxygens (including phenoxy) is 1. The molecule has 2 heterocycles. The van der Waals surface area contributed by atoms with Gasteiger partial charge in [-0.05, 0) is 46.9 Å². The van der Waals surface area contributed by atoms with Gasteiger partial charge in [0.05, 0.1) is 0 Å². The first-order valence-corrected chi connectivity index (χ1v) is 12.0. The molecule has 2 aromatic rings. The van der Waals surface area contributed by atoms with Gasteiger partial charge in [-0.2, -0.15) is 0 Å². The highest BCUT2D eigenvalue weighted by Gasteiger charge is 2.62. The van der Waals surface area contributed by atoms with Crippen LogP contribution < -0.4 is 5.32 Å². The predicted octanol–water partition coefficient (Wildman–Crippen LogP) is 4.02. The Bertz CT molecular complexity index is 1090. The molecule has 4 aliphatic rings. The molecule has 3 fully saturated rings. The molecule has 6 rings (SSSR count). The highest BCUT2D eigenvalue weighted by atomic mass is 16.5. The fraction of sp³-hybridized carbons (Fsp3) is 0.444. The molecule has 2 saturated heterocycles. The van der Waals surface area contributed by atoms with E-state index in [4.69, 9.17) is 4.74 Å². The Morgan fingerprint density at radius 3 is 2.21 bits per heavy atom. The molecule has 178 valence electrons. The van der Waals surface area contributed by atoms with Crippen molar-refractivity contribution < 1.29 is 24.2 Å². The lowest BCUT2D eigenvalue weighted by Gasteiger charge is -2.38. The van der Waals surface area contributed by atoms with Crippen LogP contribution in [0.1, 0.15) is 50.2 Å². The molecule has 34 heavy (non-hydrogen) atoms. The van der Waals surface area contributed by atoms with E-state index in [1.165, 1.54) is 4.90 Å². The zero-order valence-corrected chi connectivity index (χ0v) is 19.5. The van der Waals surface area contributed by atoms with E-state index in [-0.39, 0.29) is 36.7 Å². The highest BCUT2D eigenvalue weighted by molar-refractivity contribution is 5.90. The quantitative estimate of drug-likeness (QED) is 0.648. The van der Waals surface area contributed by atoms with Crippen molar-refractivity contribution in [1.29, 1.82) is 0 Å². The molecule has 2 aliphatic heterocycles. The molecule has 0 unspecified atom stereocenters. The van der Waals surface area contributed by atoms with E-state index in [1.807, 2.05) is 38.1 Å². The third kappa shape index (κ3) is 3.63. The zero-order chi connectivity index (χ0) is 24.0. The van der Waals surface area contributed by atoms with Crippen LogP contribution in [0.25, 0.3) is 11.1 Å². The van der Waals surface area contributed by atoms with Crippen LogP contribution in [0.2, 0.25) is 0 Å². The van der Waals surface area contributed by atoms with Gasteiger partial charge < -0.3 is 20.1 Å². The van der Waals surface area contributed by atoms with Crippen LogP contribution in [0.15, 0.2) is 48.5 Å². The van der Waals surface area contributed by atoms with Gasteiger partial charge >= 0.3 is 12.1 Å². The number of amides is 2. The van der Waals surface area contributed by atoms with Crippen molar-refractivity contribution in [2.24, 2.45) is 11.8 Å². The normalized spacial score (nSPS) is 23.1. The summed E-state index contributed by atoms with van der Waals surface area (Å²) in [7, 11) is 0. The number of fused-ring (bicyclic) bond motifs is 4. The molecular formula is C27H30N2O5. The number of hydrogen-bond acceptors (Lipinski definition) is 4. The molecule has 0 aromatic heterocycles. The number of carboxylic acids is 1. The van der Waals surface area contributed by atoms with Crippen LogP contribution in [0.3, 0.4) is 0 Å². The molecule has 2 aliphatic carbocycles. The Kier molecular flexibility index (Phi) is 5.58. The average molecular weight is 463 g/mol. The Balaban J connectivity index is 1.22. The highest BCUT2D eigenvalue weighted by Crippen LogP contribution is 2.51. The van der Waals surface area contributed by atoms with Crippen molar-refractivity contribution in [3.63, 3.8) is 0 Å². The molecule has 0 radical (unpaired) electrons. The van der Waals surface area contributed by atoms with E-state index >= 15 is 0 Å². The van der Waals surface area contributed by atoms with Gasteiger partial charge in [0.1, 0.15) is 12.1 Å². The number of hydrogen-bond donors (Lipinski definition) is 2. The number of benzene rings is 2. The van der Waals surface area contributed by atoms with Crippen molar-refractivity contribution in [2.45, 2.75) is 50.6 Å². The lowest BCUT2D eigenvalue weighted by atomic mass is 9.73. The molecule has 2 bridgehead atoms. The minimum atomic E-state index is -1.05. The summed E-state index contributed by atoms with van der Waals surface area (Å²) in [5.74, 6) is -0.931. The molecule has 1 saturated carbocycles. The maximum Gasteiger partial charge on any atom is 0.407 e. The first kappa shape index (κ1) is 22.4. The minimum Gasteiger partial charge on any atom is -0.479 e. The van der Waals surface area contributed by atoms with E-state index in [0.29, 0.717) is 19.4 Å². The lowest BCUT2D eigenvalue weighted by Crippen LogP contribution is -2.55. The summed E-state index contributed by atoms with van der Waals surface area (Å²) in [5.41, 5.74) is 3.55. The van der Waals surface area contributed by atoms with E-state index in [1.54, 1.807) is 0 Å². The number of carboxylic acid groups (broad SMARTS) is 1. The Morgan fingerprint density at radius 2 is 1.65 bits per heavy atom. The van der Waals surface area contributed by atoms with Gasteiger partial charge in [-0.25, -0.2) is 9.59 Å². The van der Waals surface area contributed by atoms with Gasteiger partial charge in [0.15, 0.2) is 0 Å². The van der Waals surface area contributed by atoms with Crippen LogP contribution in [-0.4, -0.2) is 52.7 Å². The molecular weight excluding hydrogens is 432 g/mol. The standard InChI is InChI=1S/C27H30N2O5/c1-16(2)23(11-24(30)29-14-17-12-27(29,13-17)25(31)32)28-26(33)34-15-22-20-9-5-3-7-18(20)19-8-4-6-10-21(19)22/h3-10,16-17,22-23H,11-15H2,1-2H3,(H,28,33)(H,31,32)/t17?,23-,27?/m0/s1. The summed E-state index contributed by atoms with van der Waals surface area (Å²) in [6.07, 6.45) is 0.552. The van der Waals surface area contributed by atoms with Crippen molar-refractivity contribution in [3.05, 3.63) is 59.7 Å². The number of nitrogens with zero attached hydrogens (tertiary/aromatic N) is 1. The summed E-state index contributed by atoms with van der Waals surface area (Å²) in [4.78, 5) is 39.0. The van der Waals surface area contributed by atoms with Gasteiger partial charge in [-0.15, -0.1) is 0 Å². The number of carbonyl (C=O) groups excluding carboxylic acids is 2. The Labute approximate surface area is 199 Å².